The largest absolute Gasteiger partial charge is 0.480 e. The molecule has 5 N–H and O–H groups in total. The standard InChI is InChI=1S/C10H14N2O2/c1-6-7(3-2-4-8(6)11)5-9(12)10(13)14/h2-4,9H,5,11-12H2,1H3,(H,13,14). The van der Waals surface area contributed by atoms with Crippen molar-refractivity contribution in [3.05, 3.63) is 29.3 Å². The molecular weight excluding hydrogens is 180 g/mol. The molecule has 1 aromatic rings. The zero-order valence-electron chi connectivity index (χ0n) is 8.03. The molecule has 0 saturated heterocycles. The molecule has 4 nitrogen and oxygen atoms in total. The summed E-state index contributed by atoms with van der Waals surface area (Å²) in [5.74, 6) is -0.994. The lowest BCUT2D eigenvalue weighted by Crippen LogP contribution is -2.32. The first-order valence-electron chi connectivity index (χ1n) is 4.34. The number of carboxylic acids is 1. The van der Waals surface area contributed by atoms with Crippen molar-refractivity contribution in [2.75, 3.05) is 5.73 Å². The fraction of sp³-hybridized carbons (Fsp3) is 0.300. The number of hydrogen-bond donors (Lipinski definition) is 3. The number of nitrogen functional groups attached to an aromatic ring is 1. The van der Waals surface area contributed by atoms with E-state index in [4.69, 9.17) is 16.6 Å². The molecule has 0 heterocycles. The van der Waals surface area contributed by atoms with E-state index in [1.54, 1.807) is 12.1 Å². The van der Waals surface area contributed by atoms with Crippen LogP contribution >= 0.6 is 0 Å². The number of rotatable bonds is 3. The van der Waals surface area contributed by atoms with Crippen LogP contribution in [0, 0.1) is 6.92 Å². The Morgan fingerprint density at radius 2 is 2.21 bits per heavy atom. The second kappa shape index (κ2) is 4.11. The topological polar surface area (TPSA) is 89.3 Å². The van der Waals surface area contributed by atoms with Crippen LogP contribution in [0.1, 0.15) is 11.1 Å². The third kappa shape index (κ3) is 2.23. The molecule has 0 radical (unpaired) electrons. The molecule has 0 bridgehead atoms. The summed E-state index contributed by atoms with van der Waals surface area (Å²) in [5, 5.41) is 8.65. The van der Waals surface area contributed by atoms with Crippen LogP contribution in [-0.2, 0) is 11.2 Å². The molecule has 0 fully saturated rings. The van der Waals surface area contributed by atoms with E-state index in [9.17, 15) is 4.79 Å². The molecule has 14 heavy (non-hydrogen) atoms. The van der Waals surface area contributed by atoms with Gasteiger partial charge < -0.3 is 16.6 Å². The van der Waals surface area contributed by atoms with Crippen LogP contribution in [0.4, 0.5) is 5.69 Å². The average Bonchev–Trinajstić information content (AvgIpc) is 2.12. The lowest BCUT2D eigenvalue weighted by Gasteiger charge is -2.10. The predicted molar refractivity (Wildman–Crippen MR) is 54.9 cm³/mol. The highest BCUT2D eigenvalue weighted by Crippen LogP contribution is 2.16. The van der Waals surface area contributed by atoms with Crippen molar-refractivity contribution in [3.63, 3.8) is 0 Å². The van der Waals surface area contributed by atoms with Gasteiger partial charge in [0.1, 0.15) is 6.04 Å². The lowest BCUT2D eigenvalue weighted by atomic mass is 10.0. The molecule has 0 spiro atoms. The van der Waals surface area contributed by atoms with E-state index in [1.165, 1.54) is 0 Å². The highest BCUT2D eigenvalue weighted by molar-refractivity contribution is 5.73. The molecule has 0 aliphatic heterocycles. The van der Waals surface area contributed by atoms with Crippen molar-refractivity contribution in [3.8, 4) is 0 Å². The van der Waals surface area contributed by atoms with Crippen molar-refractivity contribution in [1.82, 2.24) is 0 Å². The maximum absolute atomic E-state index is 10.5. The van der Waals surface area contributed by atoms with Gasteiger partial charge in [-0.3, -0.25) is 4.79 Å². The smallest absolute Gasteiger partial charge is 0.320 e. The minimum Gasteiger partial charge on any atom is -0.480 e. The number of nitrogens with two attached hydrogens (primary N) is 2. The average molecular weight is 194 g/mol. The fourth-order valence-electron chi connectivity index (χ4n) is 1.25. The van der Waals surface area contributed by atoms with E-state index in [0.29, 0.717) is 12.1 Å². The Bertz CT molecular complexity index is 350. The zero-order chi connectivity index (χ0) is 10.7. The molecule has 0 aliphatic carbocycles. The van der Waals surface area contributed by atoms with Gasteiger partial charge in [-0.15, -0.1) is 0 Å². The Labute approximate surface area is 82.5 Å². The molecular formula is C10H14N2O2. The Morgan fingerprint density at radius 3 is 2.79 bits per heavy atom. The van der Waals surface area contributed by atoms with Crippen molar-refractivity contribution in [2.24, 2.45) is 5.73 Å². The third-order valence-corrected chi connectivity index (χ3v) is 2.24. The van der Waals surface area contributed by atoms with Gasteiger partial charge in [0, 0.05) is 5.69 Å². The normalized spacial score (nSPS) is 12.4. The maximum Gasteiger partial charge on any atom is 0.320 e. The number of anilines is 1. The van der Waals surface area contributed by atoms with Gasteiger partial charge in [-0.2, -0.15) is 0 Å². The van der Waals surface area contributed by atoms with Gasteiger partial charge in [0.15, 0.2) is 0 Å². The Hall–Kier alpha value is -1.55. The lowest BCUT2D eigenvalue weighted by molar-refractivity contribution is -0.138. The first-order chi connectivity index (χ1) is 6.52. The van der Waals surface area contributed by atoms with E-state index in [-0.39, 0.29) is 0 Å². The molecule has 4 heteroatoms. The number of carbonyl (C=O) groups is 1. The highest BCUT2D eigenvalue weighted by atomic mass is 16.4. The molecule has 0 aliphatic rings. The molecule has 0 aromatic heterocycles. The molecule has 0 amide bonds. The molecule has 1 rings (SSSR count). The van der Waals surface area contributed by atoms with Gasteiger partial charge in [0.25, 0.3) is 0 Å². The fourth-order valence-corrected chi connectivity index (χ4v) is 1.25. The van der Waals surface area contributed by atoms with Crippen LogP contribution < -0.4 is 11.5 Å². The summed E-state index contributed by atoms with van der Waals surface area (Å²) in [6, 6.07) is 4.56. The summed E-state index contributed by atoms with van der Waals surface area (Å²) >= 11 is 0. The molecule has 0 saturated carbocycles. The predicted octanol–water partition coefficient (Wildman–Crippen LogP) is 0.532. The second-order valence-corrected chi connectivity index (χ2v) is 3.28. The summed E-state index contributed by atoms with van der Waals surface area (Å²) in [5.41, 5.74) is 13.6. The Morgan fingerprint density at radius 1 is 1.57 bits per heavy atom. The van der Waals surface area contributed by atoms with Crippen LogP contribution in [-0.4, -0.2) is 17.1 Å². The number of carboxylic acid groups (broad SMARTS) is 1. The van der Waals surface area contributed by atoms with Crippen molar-refractivity contribution in [2.45, 2.75) is 19.4 Å². The van der Waals surface area contributed by atoms with E-state index in [1.807, 2.05) is 13.0 Å². The van der Waals surface area contributed by atoms with E-state index in [0.717, 1.165) is 11.1 Å². The van der Waals surface area contributed by atoms with Gasteiger partial charge in [0.05, 0.1) is 0 Å². The van der Waals surface area contributed by atoms with E-state index < -0.39 is 12.0 Å². The second-order valence-electron chi connectivity index (χ2n) is 3.28. The molecule has 1 unspecified atom stereocenters. The highest BCUT2D eigenvalue weighted by Gasteiger charge is 2.13. The third-order valence-electron chi connectivity index (χ3n) is 2.24. The molecule has 1 aromatic carbocycles. The summed E-state index contributed by atoms with van der Waals surface area (Å²) in [6.07, 6.45) is 0.312. The van der Waals surface area contributed by atoms with E-state index >= 15 is 0 Å². The summed E-state index contributed by atoms with van der Waals surface area (Å²) in [6.45, 7) is 1.86. The zero-order valence-corrected chi connectivity index (χ0v) is 8.03. The number of hydrogen-bond acceptors (Lipinski definition) is 3. The minimum atomic E-state index is -0.994. The number of aliphatic carboxylic acids is 1. The van der Waals surface area contributed by atoms with Crippen LogP contribution in [0.3, 0.4) is 0 Å². The van der Waals surface area contributed by atoms with Gasteiger partial charge in [-0.05, 0) is 30.5 Å². The van der Waals surface area contributed by atoms with E-state index in [2.05, 4.69) is 0 Å². The van der Waals surface area contributed by atoms with Gasteiger partial charge in [-0.25, -0.2) is 0 Å². The van der Waals surface area contributed by atoms with Crippen molar-refractivity contribution >= 4 is 11.7 Å². The first-order valence-corrected chi connectivity index (χ1v) is 4.34. The molecule has 76 valence electrons. The summed E-state index contributed by atoms with van der Waals surface area (Å²) in [7, 11) is 0. The van der Waals surface area contributed by atoms with Gasteiger partial charge >= 0.3 is 5.97 Å². The van der Waals surface area contributed by atoms with Gasteiger partial charge in [-0.1, -0.05) is 12.1 Å². The van der Waals surface area contributed by atoms with Crippen LogP contribution in [0.2, 0.25) is 0 Å². The first kappa shape index (κ1) is 10.5. The van der Waals surface area contributed by atoms with Gasteiger partial charge in [0.2, 0.25) is 0 Å². The quantitative estimate of drug-likeness (QED) is 0.612. The SMILES string of the molecule is Cc1c(N)cccc1CC(N)C(=O)O. The number of benzene rings is 1. The summed E-state index contributed by atoms with van der Waals surface area (Å²) < 4.78 is 0. The maximum atomic E-state index is 10.5. The minimum absolute atomic E-state index is 0.312. The Balaban J connectivity index is 2.87. The molecule has 1 atom stereocenters. The van der Waals surface area contributed by atoms with Crippen LogP contribution in [0.5, 0.6) is 0 Å². The van der Waals surface area contributed by atoms with Crippen LogP contribution in [0.25, 0.3) is 0 Å². The summed E-state index contributed by atoms with van der Waals surface area (Å²) in [4.78, 5) is 10.5. The van der Waals surface area contributed by atoms with Crippen molar-refractivity contribution < 1.29 is 9.90 Å². The van der Waals surface area contributed by atoms with Crippen molar-refractivity contribution in [1.29, 1.82) is 0 Å². The van der Waals surface area contributed by atoms with Crippen LogP contribution in [0.15, 0.2) is 18.2 Å². The monoisotopic (exact) mass is 194 g/mol. The Kier molecular flexibility index (Phi) is 3.09.